The molecule has 0 unspecified atom stereocenters. The molecule has 56 heavy (non-hydrogen) atoms. The second kappa shape index (κ2) is 18.7. The van der Waals surface area contributed by atoms with E-state index < -0.39 is 30.0 Å². The maximum atomic E-state index is 12.4. The smallest absolute Gasteiger partial charge is 0.744 e. The number of hydrogen-bond acceptors (Lipinski definition) is 18. The van der Waals surface area contributed by atoms with Gasteiger partial charge in [-0.3, -0.25) is 0 Å². The molecular weight excluding hydrogens is 783 g/mol. The molecule has 0 fully saturated rings. The Morgan fingerprint density at radius 3 is 1.25 bits per heavy atom. The van der Waals surface area contributed by atoms with E-state index in [0.717, 1.165) is 22.2 Å². The van der Waals surface area contributed by atoms with Crippen LogP contribution in [0, 0.1) is 13.8 Å². The minimum Gasteiger partial charge on any atom is -0.744 e. The summed E-state index contributed by atoms with van der Waals surface area (Å²) in [5, 5.41) is 8.00. The molecular formula is C34H30N12Na2O6S2. The van der Waals surface area contributed by atoms with Crippen LogP contribution in [-0.4, -0.2) is 55.8 Å². The summed E-state index contributed by atoms with van der Waals surface area (Å²) in [7, 11) is -10.2. The van der Waals surface area contributed by atoms with Crippen molar-refractivity contribution in [2.75, 3.05) is 20.7 Å². The number of benzene rings is 4. The van der Waals surface area contributed by atoms with Gasteiger partial charge in [-0.1, -0.05) is 60.7 Å². The zero-order valence-corrected chi connectivity index (χ0v) is 36.0. The third-order valence-corrected chi connectivity index (χ3v) is 9.28. The van der Waals surface area contributed by atoms with Crippen molar-refractivity contribution in [1.82, 2.24) is 29.9 Å². The van der Waals surface area contributed by atoms with Crippen molar-refractivity contribution in [3.05, 3.63) is 120 Å². The molecule has 0 radical (unpaired) electrons. The van der Waals surface area contributed by atoms with Crippen LogP contribution in [0.15, 0.2) is 107 Å². The molecule has 22 heteroatoms. The summed E-state index contributed by atoms with van der Waals surface area (Å²) < 4.78 is 74.6. The zero-order valence-electron chi connectivity index (χ0n) is 30.4. The summed E-state index contributed by atoms with van der Waals surface area (Å²) in [5.41, 5.74) is 1.20. The first kappa shape index (κ1) is 44.3. The number of nitrogens with one attached hydrogen (secondary N) is 2. The molecule has 0 bridgehead atoms. The minimum absolute atomic E-state index is 0. The van der Waals surface area contributed by atoms with Gasteiger partial charge in [0.1, 0.15) is 31.9 Å². The number of para-hydroxylation sites is 2. The number of hydrazine groups is 2. The van der Waals surface area contributed by atoms with Crippen LogP contribution in [0.1, 0.15) is 22.8 Å². The van der Waals surface area contributed by atoms with Gasteiger partial charge in [-0.25, -0.2) is 38.5 Å². The molecule has 0 saturated carbocycles. The van der Waals surface area contributed by atoms with Crippen LogP contribution < -0.4 is 91.5 Å². The largest absolute Gasteiger partial charge is 1.00 e. The molecule has 0 aliphatic heterocycles. The van der Waals surface area contributed by atoms with Crippen molar-refractivity contribution in [1.29, 1.82) is 0 Å². The summed E-state index contributed by atoms with van der Waals surface area (Å²) >= 11 is 0. The van der Waals surface area contributed by atoms with E-state index in [1.807, 2.05) is 36.4 Å². The number of anilines is 8. The van der Waals surface area contributed by atoms with E-state index in [4.69, 9.17) is 11.7 Å². The maximum Gasteiger partial charge on any atom is 1.00 e. The Kier molecular flexibility index (Phi) is 14.8. The molecule has 0 aliphatic carbocycles. The van der Waals surface area contributed by atoms with Gasteiger partial charge in [0.25, 0.3) is 0 Å². The summed E-state index contributed by atoms with van der Waals surface area (Å²) in [6.07, 6.45) is 2.34. The number of aromatic nitrogens is 6. The van der Waals surface area contributed by atoms with Crippen LogP contribution in [-0.2, 0) is 20.2 Å². The Bertz CT molecular complexity index is 2410. The third-order valence-electron chi connectivity index (χ3n) is 7.49. The fourth-order valence-corrected chi connectivity index (χ4v) is 6.41. The van der Waals surface area contributed by atoms with Crippen LogP contribution in [0.4, 0.5) is 46.5 Å². The van der Waals surface area contributed by atoms with Crippen molar-refractivity contribution < 1.29 is 85.1 Å². The van der Waals surface area contributed by atoms with Crippen LogP contribution in [0.2, 0.25) is 0 Å². The van der Waals surface area contributed by atoms with E-state index in [0.29, 0.717) is 23.0 Å². The summed E-state index contributed by atoms with van der Waals surface area (Å²) in [6, 6.07) is 25.5. The van der Waals surface area contributed by atoms with Crippen LogP contribution in [0.3, 0.4) is 0 Å². The molecule has 2 aromatic heterocycles. The minimum atomic E-state index is -5.12. The van der Waals surface area contributed by atoms with Crippen molar-refractivity contribution in [2.24, 2.45) is 11.7 Å². The topological polar surface area (TPSA) is 274 Å². The number of hydrogen-bond donors (Lipinski definition) is 4. The van der Waals surface area contributed by atoms with Gasteiger partial charge in [0.05, 0.1) is 21.2 Å². The summed E-state index contributed by atoms with van der Waals surface area (Å²) in [5.74, 6) is 13.4. The quantitative estimate of drug-likeness (QED) is 0.0348. The maximum absolute atomic E-state index is 12.4. The standard InChI is InChI=1S/C34H32N12O6S2.2Na/c1-21-37-31(41-25-9-5-3-6-10-25)43-33(39-21)45(35)27-17-15-23(29(19-27)53(47,48)49)13-14-24-16-18-28(20-30(24)54(50,51)52)46(36)34-40-22(2)38-32(44-34)42-26-11-7-4-8-12-26;;/h3-20H,35-36H2,1-2H3,(H,47,48,49)(H,50,51,52)(H,37,39,41,43)(H,38,40,42,44);;/q;2*+1/p-2. The first-order valence-electron chi connectivity index (χ1n) is 15.7. The predicted octanol–water partition coefficient (Wildman–Crippen LogP) is -1.83. The Morgan fingerprint density at radius 1 is 0.554 bits per heavy atom. The molecule has 18 nitrogen and oxygen atoms in total. The van der Waals surface area contributed by atoms with E-state index in [1.165, 1.54) is 36.4 Å². The van der Waals surface area contributed by atoms with Gasteiger partial charge >= 0.3 is 59.1 Å². The Hall–Kier alpha value is -4.42. The van der Waals surface area contributed by atoms with E-state index in [9.17, 15) is 25.9 Å². The second-order valence-electron chi connectivity index (χ2n) is 11.4. The number of nitrogens with two attached hydrogens (primary N) is 2. The van der Waals surface area contributed by atoms with Gasteiger partial charge in [-0.2, -0.15) is 29.9 Å². The first-order valence-corrected chi connectivity index (χ1v) is 18.5. The molecule has 0 saturated heterocycles. The average molecular weight is 813 g/mol. The van der Waals surface area contributed by atoms with E-state index >= 15 is 0 Å². The number of aryl methyl sites for hydroxylation is 2. The second-order valence-corrected chi connectivity index (χ2v) is 14.1. The molecule has 0 spiro atoms. The zero-order chi connectivity index (χ0) is 38.6. The molecule has 0 atom stereocenters. The van der Waals surface area contributed by atoms with Gasteiger partial charge in [0, 0.05) is 11.4 Å². The first-order chi connectivity index (χ1) is 25.6. The van der Waals surface area contributed by atoms with Gasteiger partial charge in [-0.15, -0.1) is 0 Å². The van der Waals surface area contributed by atoms with E-state index in [-0.39, 0.29) is 105 Å². The van der Waals surface area contributed by atoms with Crippen molar-refractivity contribution >= 4 is 78.9 Å². The Labute approximate surface area is 366 Å². The molecule has 6 aromatic rings. The van der Waals surface area contributed by atoms with Gasteiger partial charge in [0.15, 0.2) is 0 Å². The van der Waals surface area contributed by atoms with Crippen molar-refractivity contribution in [3.63, 3.8) is 0 Å². The molecule has 4 aromatic carbocycles. The van der Waals surface area contributed by atoms with Crippen LogP contribution in [0.25, 0.3) is 12.2 Å². The van der Waals surface area contributed by atoms with Gasteiger partial charge < -0.3 is 19.7 Å². The fraction of sp³-hybridized carbons (Fsp3) is 0.0588. The molecule has 6 rings (SSSR count). The Balaban J connectivity index is 0.00000348. The monoisotopic (exact) mass is 812 g/mol. The SMILES string of the molecule is Cc1nc(Nc2ccccc2)nc(N(N)c2ccc(C=Cc3ccc(N(N)c4nc(C)nc(Nc5ccccc5)n4)cc3S(=O)(=O)[O-])c(S(=O)(=O)[O-])c2)n1.[Na+].[Na+]. The van der Waals surface area contributed by atoms with E-state index in [2.05, 4.69) is 40.5 Å². The van der Waals surface area contributed by atoms with Gasteiger partial charge in [0.2, 0.25) is 23.8 Å². The third kappa shape index (κ3) is 11.1. The van der Waals surface area contributed by atoms with E-state index in [1.54, 1.807) is 38.1 Å². The average Bonchev–Trinajstić information content (AvgIpc) is 3.13. The summed E-state index contributed by atoms with van der Waals surface area (Å²) in [4.78, 5) is 24.2. The molecule has 0 amide bonds. The Morgan fingerprint density at radius 2 is 0.911 bits per heavy atom. The number of nitrogens with zero attached hydrogens (tertiary/aromatic N) is 8. The molecule has 0 aliphatic rings. The van der Waals surface area contributed by atoms with Crippen LogP contribution in [0.5, 0.6) is 0 Å². The predicted molar refractivity (Wildman–Crippen MR) is 199 cm³/mol. The molecule has 2 heterocycles. The molecule has 6 N–H and O–H groups in total. The van der Waals surface area contributed by atoms with Crippen molar-refractivity contribution in [3.8, 4) is 0 Å². The molecule has 276 valence electrons. The van der Waals surface area contributed by atoms with Crippen LogP contribution >= 0.6 is 0 Å². The van der Waals surface area contributed by atoms with Gasteiger partial charge in [-0.05, 0) is 73.5 Å². The summed E-state index contributed by atoms with van der Waals surface area (Å²) in [6.45, 7) is 3.22. The normalized spacial score (nSPS) is 11.3. The van der Waals surface area contributed by atoms with Crippen molar-refractivity contribution in [2.45, 2.75) is 23.6 Å². The number of rotatable bonds is 12. The fourth-order valence-electron chi connectivity index (χ4n) is 5.03.